The maximum absolute atomic E-state index is 13.0. The Labute approximate surface area is 195 Å². The Morgan fingerprint density at radius 2 is 1.62 bits per heavy atom. The van der Waals surface area contributed by atoms with Crippen molar-refractivity contribution in [2.45, 2.75) is 27.3 Å². The molecule has 6 aromatic rings. The summed E-state index contributed by atoms with van der Waals surface area (Å²) < 4.78 is 12.0. The lowest BCUT2D eigenvalue weighted by atomic mass is 9.99. The van der Waals surface area contributed by atoms with Crippen molar-refractivity contribution >= 4 is 44.4 Å². The van der Waals surface area contributed by atoms with Crippen LogP contribution in [-0.4, -0.2) is 10.9 Å². The van der Waals surface area contributed by atoms with Crippen molar-refractivity contribution in [2.75, 3.05) is 5.73 Å². The lowest BCUT2D eigenvalue weighted by molar-refractivity contribution is 0.0951. The zero-order chi connectivity index (χ0) is 23.6. The molecule has 2 aromatic carbocycles. The van der Waals surface area contributed by atoms with Crippen molar-refractivity contribution in [1.82, 2.24) is 10.3 Å². The summed E-state index contributed by atoms with van der Waals surface area (Å²) in [6.07, 6.45) is 0. The molecule has 6 nitrogen and oxygen atoms in total. The van der Waals surface area contributed by atoms with Crippen molar-refractivity contribution in [3.63, 3.8) is 0 Å². The molecule has 0 spiro atoms. The molecular weight excluding hydrogens is 426 g/mol. The van der Waals surface area contributed by atoms with Gasteiger partial charge in [0.05, 0.1) is 0 Å². The first-order valence-electron chi connectivity index (χ1n) is 11.2. The molecule has 3 N–H and O–H groups in total. The molecule has 0 aliphatic carbocycles. The lowest BCUT2D eigenvalue weighted by Crippen LogP contribution is -2.24. The van der Waals surface area contributed by atoms with Crippen LogP contribution in [0.4, 0.5) is 5.82 Å². The third kappa shape index (κ3) is 3.10. The summed E-state index contributed by atoms with van der Waals surface area (Å²) in [5.41, 5.74) is 11.8. The largest absolute Gasteiger partial charge is 0.461 e. The standard InChI is InChI=1S/C28H23N3O3/c1-14-10-25(29)31-16(3)23(14)13-30-28(32)18-6-8-20-22(12-18)27-21-11-17(24-9-4-15(2)33-24)5-7-19(21)26(20)34-27/h4-12H,13H2,1-3H3,(H2,29,31)(H,30,32). The summed E-state index contributed by atoms with van der Waals surface area (Å²) in [4.78, 5) is 17.3. The molecular formula is C28H23N3O3. The Balaban J connectivity index is 1.35. The Morgan fingerprint density at radius 3 is 2.35 bits per heavy atom. The third-order valence-corrected chi connectivity index (χ3v) is 6.51. The van der Waals surface area contributed by atoms with Crippen LogP contribution in [0.2, 0.25) is 0 Å². The van der Waals surface area contributed by atoms with Crippen molar-refractivity contribution in [1.29, 1.82) is 0 Å². The smallest absolute Gasteiger partial charge is 0.251 e. The first-order valence-corrected chi connectivity index (χ1v) is 11.2. The van der Waals surface area contributed by atoms with Gasteiger partial charge in [-0.25, -0.2) is 4.98 Å². The average molecular weight is 450 g/mol. The second-order valence-electron chi connectivity index (χ2n) is 8.80. The first-order chi connectivity index (χ1) is 16.4. The van der Waals surface area contributed by atoms with Crippen LogP contribution in [0.15, 0.2) is 63.4 Å². The average Bonchev–Trinajstić information content (AvgIpc) is 3.51. The Hall–Kier alpha value is -4.32. The van der Waals surface area contributed by atoms with Gasteiger partial charge in [-0.15, -0.1) is 0 Å². The van der Waals surface area contributed by atoms with Gasteiger partial charge in [0.25, 0.3) is 5.91 Å². The Bertz CT molecular complexity index is 1700. The summed E-state index contributed by atoms with van der Waals surface area (Å²) in [5.74, 6) is 2.03. The van der Waals surface area contributed by atoms with E-state index in [2.05, 4.69) is 22.4 Å². The van der Waals surface area contributed by atoms with E-state index in [9.17, 15) is 4.79 Å². The number of benzene rings is 3. The van der Waals surface area contributed by atoms with E-state index in [4.69, 9.17) is 14.6 Å². The van der Waals surface area contributed by atoms with Gasteiger partial charge in [-0.3, -0.25) is 4.79 Å². The van der Waals surface area contributed by atoms with Gasteiger partial charge < -0.3 is 19.9 Å². The highest BCUT2D eigenvalue weighted by Gasteiger charge is 2.20. The second-order valence-corrected chi connectivity index (χ2v) is 8.80. The molecule has 34 heavy (non-hydrogen) atoms. The van der Waals surface area contributed by atoms with E-state index in [0.717, 1.165) is 66.6 Å². The molecule has 0 saturated carbocycles. The number of aromatic nitrogens is 1. The molecule has 0 unspecified atom stereocenters. The number of aryl methyl sites for hydroxylation is 3. The molecule has 0 aliphatic rings. The fourth-order valence-electron chi connectivity index (χ4n) is 4.78. The number of nitrogens with zero attached hydrogens (tertiary/aromatic N) is 1. The van der Waals surface area contributed by atoms with Crippen molar-refractivity contribution < 1.29 is 13.6 Å². The maximum atomic E-state index is 13.0. The summed E-state index contributed by atoms with van der Waals surface area (Å²) in [7, 11) is 0. The highest BCUT2D eigenvalue weighted by atomic mass is 16.3. The number of hydrogen-bond donors (Lipinski definition) is 2. The van der Waals surface area contributed by atoms with Crippen LogP contribution >= 0.6 is 0 Å². The highest BCUT2D eigenvalue weighted by Crippen LogP contribution is 2.42. The molecule has 168 valence electrons. The third-order valence-electron chi connectivity index (χ3n) is 6.51. The van der Waals surface area contributed by atoms with Crippen LogP contribution in [0.1, 0.15) is 32.9 Å². The normalized spacial score (nSPS) is 11.7. The summed E-state index contributed by atoms with van der Waals surface area (Å²) in [6.45, 7) is 6.19. The minimum Gasteiger partial charge on any atom is -0.461 e. The summed E-state index contributed by atoms with van der Waals surface area (Å²) >= 11 is 0. The number of rotatable bonds is 4. The number of carbonyl (C=O) groups is 1. The molecule has 0 atom stereocenters. The first kappa shape index (κ1) is 20.3. The number of amides is 1. The summed E-state index contributed by atoms with van der Waals surface area (Å²) in [5, 5.41) is 7.04. The maximum Gasteiger partial charge on any atom is 0.251 e. The predicted molar refractivity (Wildman–Crippen MR) is 134 cm³/mol. The quantitative estimate of drug-likeness (QED) is 0.309. The van der Waals surface area contributed by atoms with E-state index in [1.165, 1.54) is 0 Å². The fraction of sp³-hybridized carbons (Fsp3) is 0.143. The number of hydrogen-bond acceptors (Lipinski definition) is 5. The zero-order valence-electron chi connectivity index (χ0n) is 19.2. The molecule has 0 fully saturated rings. The van der Waals surface area contributed by atoms with E-state index in [-0.39, 0.29) is 5.91 Å². The van der Waals surface area contributed by atoms with E-state index in [0.29, 0.717) is 17.9 Å². The van der Waals surface area contributed by atoms with E-state index < -0.39 is 0 Å². The Morgan fingerprint density at radius 1 is 0.882 bits per heavy atom. The van der Waals surface area contributed by atoms with Gasteiger partial charge in [0.15, 0.2) is 0 Å². The number of furan rings is 3. The molecule has 6 heteroatoms. The second kappa shape index (κ2) is 7.35. The molecule has 2 bridgehead atoms. The predicted octanol–water partition coefficient (Wildman–Crippen LogP) is 6.27. The van der Waals surface area contributed by atoms with Crippen LogP contribution in [0.3, 0.4) is 0 Å². The van der Waals surface area contributed by atoms with Gasteiger partial charge in [0.1, 0.15) is 28.5 Å². The number of nitrogens with two attached hydrogens (primary N) is 1. The fourth-order valence-corrected chi connectivity index (χ4v) is 4.78. The highest BCUT2D eigenvalue weighted by molar-refractivity contribution is 6.26. The molecule has 1 amide bonds. The zero-order valence-corrected chi connectivity index (χ0v) is 19.2. The van der Waals surface area contributed by atoms with Crippen LogP contribution in [0.5, 0.6) is 0 Å². The van der Waals surface area contributed by atoms with E-state index in [1.807, 2.05) is 63.2 Å². The molecule has 4 aromatic heterocycles. The van der Waals surface area contributed by atoms with Gasteiger partial charge in [-0.2, -0.15) is 0 Å². The van der Waals surface area contributed by atoms with E-state index >= 15 is 0 Å². The van der Waals surface area contributed by atoms with Gasteiger partial charge in [0.2, 0.25) is 0 Å². The minimum atomic E-state index is -0.146. The molecule has 6 rings (SSSR count). The number of nitrogen functional groups attached to an aromatic ring is 1. The number of nitrogens with one attached hydrogen (secondary N) is 1. The number of fused-ring (bicyclic) bond motifs is 8. The van der Waals surface area contributed by atoms with Gasteiger partial charge in [-0.1, -0.05) is 6.07 Å². The molecule has 0 saturated heterocycles. The van der Waals surface area contributed by atoms with Crippen LogP contribution in [0, 0.1) is 20.8 Å². The SMILES string of the molecule is Cc1ccc(-c2ccc3c(c2)c2oc3c3ccc(C(=O)NCc4c(C)cc(N)nc4C)cc32)o1. The van der Waals surface area contributed by atoms with Crippen LogP contribution in [0.25, 0.3) is 44.0 Å². The van der Waals surface area contributed by atoms with E-state index in [1.54, 1.807) is 0 Å². The van der Waals surface area contributed by atoms with Crippen molar-refractivity contribution in [2.24, 2.45) is 0 Å². The molecule has 0 aliphatic heterocycles. The number of carbonyl (C=O) groups excluding carboxylic acids is 1. The summed E-state index contributed by atoms with van der Waals surface area (Å²) in [6, 6.07) is 17.7. The topological polar surface area (TPSA) is 94.3 Å². The lowest BCUT2D eigenvalue weighted by Gasteiger charge is -2.11. The minimum absolute atomic E-state index is 0.146. The monoisotopic (exact) mass is 449 g/mol. The van der Waals surface area contributed by atoms with Crippen LogP contribution < -0.4 is 11.1 Å². The van der Waals surface area contributed by atoms with Gasteiger partial charge in [-0.05, 0) is 80.4 Å². The Kier molecular flexibility index (Phi) is 4.39. The van der Waals surface area contributed by atoms with Crippen molar-refractivity contribution in [3.8, 4) is 11.3 Å². The molecule has 4 heterocycles. The number of anilines is 1. The van der Waals surface area contributed by atoms with Crippen LogP contribution in [-0.2, 0) is 6.54 Å². The number of pyridine rings is 1. The molecule has 0 radical (unpaired) electrons. The van der Waals surface area contributed by atoms with Gasteiger partial charge >= 0.3 is 0 Å². The van der Waals surface area contributed by atoms with Crippen molar-refractivity contribution in [3.05, 3.63) is 82.7 Å². The van der Waals surface area contributed by atoms with Gasteiger partial charge in [0, 0.05) is 44.9 Å².